The third-order valence-corrected chi connectivity index (χ3v) is 5.40. The van der Waals surface area contributed by atoms with Crippen LogP contribution in [0.2, 0.25) is 0 Å². The molecule has 1 aliphatic rings. The largest absolute Gasteiger partial charge is 0.361 e. The molecule has 0 saturated carbocycles. The van der Waals surface area contributed by atoms with Crippen molar-refractivity contribution in [2.24, 2.45) is 4.99 Å². The van der Waals surface area contributed by atoms with E-state index in [0.29, 0.717) is 6.54 Å². The summed E-state index contributed by atoms with van der Waals surface area (Å²) in [5, 5.41) is 10.8. The lowest BCUT2D eigenvalue weighted by Gasteiger charge is -2.36. The fourth-order valence-corrected chi connectivity index (χ4v) is 3.74. The molecular weight excluding hydrogens is 348 g/mol. The predicted octanol–water partition coefficient (Wildman–Crippen LogP) is 2.29. The van der Waals surface area contributed by atoms with Gasteiger partial charge < -0.3 is 14.7 Å². The summed E-state index contributed by atoms with van der Waals surface area (Å²) < 4.78 is 5.16. The van der Waals surface area contributed by atoms with Crippen LogP contribution in [-0.4, -0.2) is 58.6 Å². The fraction of sp³-hybridized carbons (Fsp3) is 0.611. The van der Waals surface area contributed by atoms with Gasteiger partial charge in [-0.1, -0.05) is 12.1 Å². The second-order valence-electron chi connectivity index (χ2n) is 6.45. The summed E-state index contributed by atoms with van der Waals surface area (Å²) in [7, 11) is 0. The first kappa shape index (κ1) is 18.8. The molecule has 1 N–H and O–H groups in total. The van der Waals surface area contributed by atoms with Crippen molar-refractivity contribution in [2.75, 3.05) is 32.7 Å². The number of thiazole rings is 1. The third-order valence-electron chi connectivity index (χ3n) is 4.36. The van der Waals surface area contributed by atoms with Crippen molar-refractivity contribution in [2.45, 2.75) is 40.3 Å². The fourth-order valence-electron chi connectivity index (χ4n) is 3.00. The quantitative estimate of drug-likeness (QED) is 0.616. The minimum atomic E-state index is 0.636. The van der Waals surface area contributed by atoms with Crippen molar-refractivity contribution in [3.05, 3.63) is 33.6 Å². The van der Waals surface area contributed by atoms with E-state index in [1.54, 1.807) is 11.3 Å². The Balaban J connectivity index is 1.54. The van der Waals surface area contributed by atoms with Gasteiger partial charge in [-0.3, -0.25) is 4.90 Å². The van der Waals surface area contributed by atoms with Crippen molar-refractivity contribution in [3.63, 3.8) is 0 Å². The van der Waals surface area contributed by atoms with E-state index in [-0.39, 0.29) is 0 Å². The van der Waals surface area contributed by atoms with Crippen LogP contribution in [0.3, 0.4) is 0 Å². The molecule has 1 fully saturated rings. The lowest BCUT2D eigenvalue weighted by atomic mass is 10.3. The van der Waals surface area contributed by atoms with Gasteiger partial charge in [-0.25, -0.2) is 9.98 Å². The zero-order chi connectivity index (χ0) is 18.4. The zero-order valence-corrected chi connectivity index (χ0v) is 16.7. The molecule has 7 nitrogen and oxygen atoms in total. The molecule has 3 rings (SSSR count). The number of guanidine groups is 1. The van der Waals surface area contributed by atoms with Gasteiger partial charge in [0.2, 0.25) is 0 Å². The first-order valence-corrected chi connectivity index (χ1v) is 10.2. The van der Waals surface area contributed by atoms with Crippen LogP contribution in [0.5, 0.6) is 0 Å². The molecule has 142 valence electrons. The molecule has 0 bridgehead atoms. The van der Waals surface area contributed by atoms with Gasteiger partial charge in [0.15, 0.2) is 5.96 Å². The first-order valence-electron chi connectivity index (χ1n) is 9.29. The van der Waals surface area contributed by atoms with Gasteiger partial charge in [-0.05, 0) is 20.3 Å². The van der Waals surface area contributed by atoms with Crippen LogP contribution in [0.1, 0.15) is 36.0 Å². The average Bonchev–Trinajstić information content (AvgIpc) is 3.28. The van der Waals surface area contributed by atoms with Crippen LogP contribution >= 0.6 is 11.3 Å². The smallest absolute Gasteiger partial charge is 0.194 e. The molecule has 8 heteroatoms. The maximum Gasteiger partial charge on any atom is 0.194 e. The Morgan fingerprint density at radius 3 is 2.69 bits per heavy atom. The number of nitrogens with zero attached hydrogens (tertiary/aromatic N) is 5. The topological polar surface area (TPSA) is 69.8 Å². The maximum atomic E-state index is 5.16. The molecular formula is C18H28N6OS. The van der Waals surface area contributed by atoms with Crippen LogP contribution < -0.4 is 5.32 Å². The highest BCUT2D eigenvalue weighted by Crippen LogP contribution is 2.12. The molecule has 1 aliphatic heterocycles. The van der Waals surface area contributed by atoms with E-state index >= 15 is 0 Å². The molecule has 1 saturated heterocycles. The molecule has 26 heavy (non-hydrogen) atoms. The number of hydrogen-bond donors (Lipinski definition) is 1. The monoisotopic (exact) mass is 376 g/mol. The van der Waals surface area contributed by atoms with E-state index in [9.17, 15) is 0 Å². The lowest BCUT2D eigenvalue weighted by Crippen LogP contribution is -2.52. The highest BCUT2D eigenvalue weighted by atomic mass is 32.1. The predicted molar refractivity (Wildman–Crippen MR) is 104 cm³/mol. The molecule has 0 spiro atoms. The summed E-state index contributed by atoms with van der Waals surface area (Å²) in [4.78, 5) is 14.1. The summed E-state index contributed by atoms with van der Waals surface area (Å²) in [6.07, 6.45) is 0.988. The lowest BCUT2D eigenvalue weighted by molar-refractivity contribution is 0.169. The van der Waals surface area contributed by atoms with Gasteiger partial charge in [0, 0.05) is 50.7 Å². The van der Waals surface area contributed by atoms with Gasteiger partial charge in [0.25, 0.3) is 0 Å². The van der Waals surface area contributed by atoms with Crippen LogP contribution in [-0.2, 0) is 19.5 Å². The summed E-state index contributed by atoms with van der Waals surface area (Å²) in [5.74, 6) is 1.85. The summed E-state index contributed by atoms with van der Waals surface area (Å²) >= 11 is 1.72. The maximum absolute atomic E-state index is 5.16. The first-order chi connectivity index (χ1) is 12.7. The van der Waals surface area contributed by atoms with Crippen LogP contribution in [0, 0.1) is 6.92 Å². The summed E-state index contributed by atoms with van der Waals surface area (Å²) in [6, 6.07) is 2.01. The minimum Gasteiger partial charge on any atom is -0.361 e. The van der Waals surface area contributed by atoms with Crippen molar-refractivity contribution in [3.8, 4) is 0 Å². The number of nitrogens with one attached hydrogen (secondary N) is 1. The van der Waals surface area contributed by atoms with E-state index < -0.39 is 0 Å². The Morgan fingerprint density at radius 1 is 1.27 bits per heavy atom. The minimum absolute atomic E-state index is 0.636. The molecule has 0 aliphatic carbocycles. The van der Waals surface area contributed by atoms with Gasteiger partial charge in [-0.15, -0.1) is 11.3 Å². The number of aryl methyl sites for hydroxylation is 2. The van der Waals surface area contributed by atoms with Gasteiger partial charge in [0.05, 0.1) is 22.9 Å². The summed E-state index contributed by atoms with van der Waals surface area (Å²) in [5.41, 5.74) is 2.06. The number of aromatic nitrogens is 2. The molecule has 2 aromatic heterocycles. The number of aliphatic imine (C=N–C) groups is 1. The zero-order valence-electron chi connectivity index (χ0n) is 15.9. The average molecular weight is 377 g/mol. The Morgan fingerprint density at radius 2 is 2.08 bits per heavy atom. The number of rotatable bonds is 6. The summed E-state index contributed by atoms with van der Waals surface area (Å²) in [6.45, 7) is 12.4. The molecule has 0 radical (unpaired) electrons. The SMILES string of the molecule is CCNC(=NCc1csc(CC)n1)N1CCN(Cc2cc(C)on2)CC1. The molecule has 0 amide bonds. The van der Waals surface area contributed by atoms with Crippen molar-refractivity contribution < 1.29 is 4.52 Å². The normalized spacial score (nSPS) is 16.3. The van der Waals surface area contributed by atoms with Gasteiger partial charge in [-0.2, -0.15) is 0 Å². The van der Waals surface area contributed by atoms with E-state index in [2.05, 4.69) is 44.5 Å². The van der Waals surface area contributed by atoms with Crippen LogP contribution in [0.4, 0.5) is 0 Å². The second kappa shape index (κ2) is 9.14. The Bertz CT molecular complexity index is 717. The molecule has 0 atom stereocenters. The molecule has 3 heterocycles. The van der Waals surface area contributed by atoms with E-state index in [4.69, 9.17) is 9.52 Å². The van der Waals surface area contributed by atoms with Crippen molar-refractivity contribution >= 4 is 17.3 Å². The van der Waals surface area contributed by atoms with E-state index in [0.717, 1.165) is 68.8 Å². The van der Waals surface area contributed by atoms with Crippen molar-refractivity contribution in [1.82, 2.24) is 25.3 Å². The second-order valence-corrected chi connectivity index (χ2v) is 7.39. The van der Waals surface area contributed by atoms with Crippen LogP contribution in [0.25, 0.3) is 0 Å². The van der Waals surface area contributed by atoms with E-state index in [1.165, 1.54) is 5.01 Å². The Kier molecular flexibility index (Phi) is 6.62. The molecule has 0 unspecified atom stereocenters. The van der Waals surface area contributed by atoms with Crippen LogP contribution in [0.15, 0.2) is 21.0 Å². The standard InChI is InChI=1S/C18H28N6OS/c1-4-17-21-16(13-26-17)11-20-18(19-5-2)24-8-6-23(7-9-24)12-15-10-14(3)25-22-15/h10,13H,4-9,11-12H2,1-3H3,(H,19,20). The highest BCUT2D eigenvalue weighted by Gasteiger charge is 2.20. The third kappa shape index (κ3) is 5.04. The Labute approximate surface area is 159 Å². The Hall–Kier alpha value is -1.93. The highest BCUT2D eigenvalue weighted by molar-refractivity contribution is 7.09. The van der Waals surface area contributed by atoms with Crippen molar-refractivity contribution in [1.29, 1.82) is 0 Å². The van der Waals surface area contributed by atoms with E-state index in [1.807, 2.05) is 13.0 Å². The number of hydrogen-bond acceptors (Lipinski definition) is 6. The van der Waals surface area contributed by atoms with Gasteiger partial charge in [0.1, 0.15) is 5.76 Å². The van der Waals surface area contributed by atoms with Gasteiger partial charge >= 0.3 is 0 Å². The molecule has 0 aromatic carbocycles. The number of piperazine rings is 1. The molecule has 2 aromatic rings.